The Morgan fingerprint density at radius 3 is 1.47 bits per heavy atom. The van der Waals surface area contributed by atoms with Gasteiger partial charge in [0.05, 0.1) is 0 Å². The first-order valence-electron chi connectivity index (χ1n) is 5.57. The van der Waals surface area contributed by atoms with Crippen molar-refractivity contribution in [3.63, 3.8) is 0 Å². The first-order chi connectivity index (χ1) is 8.39. The van der Waals surface area contributed by atoms with E-state index in [9.17, 15) is 0 Å². The number of benzene rings is 1. The van der Waals surface area contributed by atoms with Crippen molar-refractivity contribution in [1.29, 1.82) is 0 Å². The van der Waals surface area contributed by atoms with E-state index < -0.39 is 0 Å². The summed E-state index contributed by atoms with van der Waals surface area (Å²) in [5, 5.41) is 8.63. The molecule has 1 radical (unpaired) electrons. The van der Waals surface area contributed by atoms with Crippen molar-refractivity contribution in [2.75, 3.05) is 0 Å². The molecule has 0 fully saturated rings. The summed E-state index contributed by atoms with van der Waals surface area (Å²) < 4.78 is 0. The van der Waals surface area contributed by atoms with Crippen molar-refractivity contribution < 1.29 is 39.2 Å². The van der Waals surface area contributed by atoms with E-state index in [1.165, 1.54) is 0 Å². The van der Waals surface area contributed by atoms with Crippen LogP contribution < -0.4 is 12.4 Å². The first kappa shape index (κ1) is 20.3. The largest absolute Gasteiger partial charge is 3.00 e. The van der Waals surface area contributed by atoms with Gasteiger partial charge in [0.1, 0.15) is 5.75 Å². The van der Waals surface area contributed by atoms with E-state index in [1.54, 1.807) is 24.3 Å². The van der Waals surface area contributed by atoms with Gasteiger partial charge in [-0.2, -0.15) is 12.2 Å². The smallest absolute Gasteiger partial charge is 1.00 e. The number of phenolic OH excluding ortho intramolecular Hbond substituents is 1. The van der Waals surface area contributed by atoms with Crippen LogP contribution >= 0.6 is 0 Å². The molecule has 0 heterocycles. The minimum Gasteiger partial charge on any atom is -1.00 e. The summed E-state index contributed by atoms with van der Waals surface area (Å²) in [4.78, 5) is 0. The van der Waals surface area contributed by atoms with Crippen LogP contribution in [0.5, 0.6) is 5.75 Å². The Balaban J connectivity index is 0. The van der Waals surface area contributed by atoms with Crippen LogP contribution in [-0.4, -0.2) is 5.11 Å². The zero-order valence-electron chi connectivity index (χ0n) is 10.6. The van der Waals surface area contributed by atoms with Gasteiger partial charge in [0.2, 0.25) is 0 Å². The molecule has 0 amide bonds. The molecule has 1 nitrogen and oxygen atoms in total. The molecular formula is C16H16ClOTi. The zero-order valence-corrected chi connectivity index (χ0v) is 12.9. The topological polar surface area (TPSA) is 20.2 Å². The Morgan fingerprint density at radius 1 is 0.842 bits per heavy atom. The number of hydrogen-bond acceptors (Lipinski definition) is 1. The second-order valence-corrected chi connectivity index (χ2v) is 3.34. The summed E-state index contributed by atoms with van der Waals surface area (Å²) in [5.74, 6) is 0.322. The van der Waals surface area contributed by atoms with E-state index >= 15 is 0 Å². The fourth-order valence-electron chi connectivity index (χ4n) is 1.11. The maximum atomic E-state index is 8.63. The van der Waals surface area contributed by atoms with Crippen LogP contribution in [0.4, 0.5) is 0 Å². The van der Waals surface area contributed by atoms with E-state index in [1.807, 2.05) is 30.4 Å². The maximum absolute atomic E-state index is 8.63. The SMILES string of the molecule is Oc1ccccc1.[C-]1=CC=CC1.[C-]1=CC=CC1.[Cl-].[Ti+3]. The molecule has 0 unspecified atom stereocenters. The van der Waals surface area contributed by atoms with E-state index in [0.717, 1.165) is 12.8 Å². The van der Waals surface area contributed by atoms with Gasteiger partial charge in [-0.15, -0.1) is 12.8 Å². The van der Waals surface area contributed by atoms with Gasteiger partial charge in [0.15, 0.2) is 0 Å². The molecule has 2 aliphatic carbocycles. The molecule has 0 atom stereocenters. The van der Waals surface area contributed by atoms with Crippen molar-refractivity contribution in [3.8, 4) is 5.75 Å². The van der Waals surface area contributed by atoms with Crippen LogP contribution in [-0.2, 0) is 21.7 Å². The second kappa shape index (κ2) is 15.0. The quantitative estimate of drug-likeness (QED) is 0.560. The first-order valence-corrected chi connectivity index (χ1v) is 5.57. The van der Waals surface area contributed by atoms with Crippen molar-refractivity contribution in [2.24, 2.45) is 0 Å². The number of allylic oxidation sites excluding steroid dienone is 8. The summed E-state index contributed by atoms with van der Waals surface area (Å²) in [7, 11) is 0. The van der Waals surface area contributed by atoms with E-state index in [0.29, 0.717) is 5.75 Å². The molecule has 0 aliphatic heterocycles. The molecule has 3 rings (SSSR count). The monoisotopic (exact) mass is 307 g/mol. The predicted molar refractivity (Wildman–Crippen MR) is 71.2 cm³/mol. The third-order valence-electron chi connectivity index (χ3n) is 1.93. The molecule has 0 aromatic heterocycles. The van der Waals surface area contributed by atoms with E-state index in [4.69, 9.17) is 5.11 Å². The zero-order chi connectivity index (χ0) is 12.2. The Bertz CT molecular complexity index is 366. The van der Waals surface area contributed by atoms with Crippen LogP contribution in [0.3, 0.4) is 0 Å². The number of halogens is 1. The van der Waals surface area contributed by atoms with Crippen molar-refractivity contribution in [3.05, 3.63) is 78.9 Å². The third-order valence-corrected chi connectivity index (χ3v) is 1.93. The van der Waals surface area contributed by atoms with Crippen LogP contribution in [0.1, 0.15) is 12.8 Å². The molecule has 0 saturated carbocycles. The Labute approximate surface area is 136 Å². The summed E-state index contributed by atoms with van der Waals surface area (Å²) in [6, 6.07) is 8.71. The average Bonchev–Trinajstić information content (AvgIpc) is 3.09. The summed E-state index contributed by atoms with van der Waals surface area (Å²) in [6.45, 7) is 0. The fraction of sp³-hybridized carbons (Fsp3) is 0.125. The van der Waals surface area contributed by atoms with Crippen LogP contribution in [0.15, 0.2) is 66.8 Å². The minimum atomic E-state index is 0. The normalized spacial score (nSPS) is 12.4. The molecule has 19 heavy (non-hydrogen) atoms. The number of para-hydroxylation sites is 1. The van der Waals surface area contributed by atoms with Crippen LogP contribution in [0, 0.1) is 12.2 Å². The van der Waals surface area contributed by atoms with Crippen molar-refractivity contribution in [2.45, 2.75) is 12.8 Å². The summed E-state index contributed by atoms with van der Waals surface area (Å²) in [5.41, 5.74) is 0. The fourth-order valence-corrected chi connectivity index (χ4v) is 1.11. The molecule has 2 aliphatic rings. The predicted octanol–water partition coefficient (Wildman–Crippen LogP) is 1.01. The van der Waals surface area contributed by atoms with E-state index in [2.05, 4.69) is 24.3 Å². The molecule has 3 heteroatoms. The molecule has 97 valence electrons. The van der Waals surface area contributed by atoms with E-state index in [-0.39, 0.29) is 34.1 Å². The molecule has 1 aromatic rings. The number of hydrogen-bond donors (Lipinski definition) is 1. The van der Waals surface area contributed by atoms with Crippen molar-refractivity contribution >= 4 is 0 Å². The Kier molecular flexibility index (Phi) is 16.1. The van der Waals surface area contributed by atoms with Gasteiger partial charge in [-0.3, -0.25) is 12.2 Å². The molecule has 1 N–H and O–H groups in total. The average molecular weight is 308 g/mol. The van der Waals surface area contributed by atoms with Gasteiger partial charge in [-0.1, -0.05) is 18.2 Å². The van der Waals surface area contributed by atoms with Crippen molar-refractivity contribution in [1.82, 2.24) is 0 Å². The number of rotatable bonds is 0. The summed E-state index contributed by atoms with van der Waals surface area (Å²) >= 11 is 0. The summed E-state index contributed by atoms with van der Waals surface area (Å²) in [6.07, 6.45) is 20.0. The Hall–Kier alpha value is -1.02. The van der Waals surface area contributed by atoms with Gasteiger partial charge < -0.3 is 17.5 Å². The third kappa shape index (κ3) is 13.2. The van der Waals surface area contributed by atoms with Gasteiger partial charge in [-0.05, 0) is 12.1 Å². The standard InChI is InChI=1S/C6H6O.2C5H5.ClH.Ti/c7-6-4-2-1-3-5-6;2*1-2-4-5-3-1;;/h1-5,7H;2*1-3H,4H2;1H;/q;2*-1;;+3/p-1. The minimum absolute atomic E-state index is 0. The molecular weight excluding hydrogens is 291 g/mol. The number of aromatic hydroxyl groups is 1. The molecule has 0 saturated heterocycles. The number of phenols is 1. The maximum Gasteiger partial charge on any atom is 3.00 e. The Morgan fingerprint density at radius 2 is 1.32 bits per heavy atom. The van der Waals surface area contributed by atoms with Gasteiger partial charge in [-0.25, -0.2) is 24.3 Å². The van der Waals surface area contributed by atoms with Gasteiger partial charge in [0, 0.05) is 0 Å². The van der Waals surface area contributed by atoms with Gasteiger partial charge >= 0.3 is 21.7 Å². The second-order valence-electron chi connectivity index (χ2n) is 3.34. The molecule has 0 spiro atoms. The van der Waals surface area contributed by atoms with Crippen LogP contribution in [0.25, 0.3) is 0 Å². The molecule has 0 bridgehead atoms. The molecule has 1 aromatic carbocycles. The van der Waals surface area contributed by atoms with Crippen LogP contribution in [0.2, 0.25) is 0 Å². The van der Waals surface area contributed by atoms with Gasteiger partial charge in [0.25, 0.3) is 0 Å².